The Morgan fingerprint density at radius 1 is 1.39 bits per heavy atom. The molecule has 1 aromatic carbocycles. The minimum Gasteiger partial charge on any atom is -0.368 e. The van der Waals surface area contributed by atoms with Crippen LogP contribution in [0.2, 0.25) is 5.02 Å². The van der Waals surface area contributed by atoms with Crippen molar-refractivity contribution in [3.05, 3.63) is 34.9 Å². The van der Waals surface area contributed by atoms with E-state index in [4.69, 9.17) is 17.3 Å². The molecule has 3 fully saturated rings. The van der Waals surface area contributed by atoms with Crippen LogP contribution in [0, 0.1) is 16.7 Å². The highest BCUT2D eigenvalue weighted by Crippen LogP contribution is 2.75. The Hall–Kier alpha value is -1.55. The van der Waals surface area contributed by atoms with Crippen molar-refractivity contribution in [2.75, 3.05) is 6.54 Å². The molecule has 122 valence electrons. The molecule has 0 aromatic heterocycles. The molecule has 4 nitrogen and oxygen atoms in total. The molecule has 1 amide bonds. The molecule has 2 N–H and O–H groups in total. The SMILES string of the molecule is C[C@@]12CC[C@@H]3C[C@]1(C(N)=O)N(/N=C\c1ccc(Cl)cc1)C[C@]32C. The number of halogens is 1. The lowest BCUT2D eigenvalue weighted by atomic mass is 9.65. The van der Waals surface area contributed by atoms with Gasteiger partial charge in [0.25, 0.3) is 0 Å². The summed E-state index contributed by atoms with van der Waals surface area (Å²) >= 11 is 5.92. The molecular weight excluding hydrogens is 310 g/mol. The second-order valence-corrected chi connectivity index (χ2v) is 8.20. The molecule has 1 aromatic rings. The van der Waals surface area contributed by atoms with Crippen molar-refractivity contribution in [1.82, 2.24) is 5.01 Å². The molecule has 0 radical (unpaired) electrons. The van der Waals surface area contributed by atoms with E-state index in [-0.39, 0.29) is 16.7 Å². The van der Waals surface area contributed by atoms with Crippen LogP contribution in [0.25, 0.3) is 0 Å². The second kappa shape index (κ2) is 4.50. The van der Waals surface area contributed by atoms with Gasteiger partial charge in [0.2, 0.25) is 5.91 Å². The number of piperidine rings is 1. The largest absolute Gasteiger partial charge is 0.368 e. The number of benzene rings is 1. The Morgan fingerprint density at radius 2 is 2.09 bits per heavy atom. The first-order valence-electron chi connectivity index (χ1n) is 8.21. The third-order valence-electron chi connectivity index (χ3n) is 7.15. The summed E-state index contributed by atoms with van der Waals surface area (Å²) in [5.74, 6) is 0.362. The Balaban J connectivity index is 1.71. The van der Waals surface area contributed by atoms with Gasteiger partial charge in [-0.15, -0.1) is 0 Å². The van der Waals surface area contributed by atoms with Gasteiger partial charge in [-0.25, -0.2) is 0 Å². The molecule has 2 aliphatic carbocycles. The summed E-state index contributed by atoms with van der Waals surface area (Å²) in [6.45, 7) is 5.36. The van der Waals surface area contributed by atoms with Crippen molar-refractivity contribution >= 4 is 23.7 Å². The van der Waals surface area contributed by atoms with E-state index in [1.165, 1.54) is 6.42 Å². The summed E-state index contributed by atoms with van der Waals surface area (Å²) in [6.07, 6.45) is 4.91. The van der Waals surface area contributed by atoms with Gasteiger partial charge in [0, 0.05) is 17.0 Å². The Kier molecular flexibility index (Phi) is 2.94. The van der Waals surface area contributed by atoms with E-state index >= 15 is 0 Å². The summed E-state index contributed by atoms with van der Waals surface area (Å²) in [6, 6.07) is 7.53. The van der Waals surface area contributed by atoms with Gasteiger partial charge in [-0.3, -0.25) is 9.80 Å². The number of amides is 1. The van der Waals surface area contributed by atoms with Gasteiger partial charge in [-0.1, -0.05) is 37.6 Å². The topological polar surface area (TPSA) is 58.7 Å². The van der Waals surface area contributed by atoms with Crippen LogP contribution in [0.4, 0.5) is 0 Å². The molecule has 1 saturated heterocycles. The minimum atomic E-state index is -0.631. The van der Waals surface area contributed by atoms with Crippen LogP contribution >= 0.6 is 11.6 Å². The molecule has 4 atom stereocenters. The van der Waals surface area contributed by atoms with E-state index in [9.17, 15) is 4.79 Å². The lowest BCUT2D eigenvalue weighted by Crippen LogP contribution is -2.60. The number of hydrazone groups is 1. The fourth-order valence-corrected chi connectivity index (χ4v) is 5.70. The van der Waals surface area contributed by atoms with Crippen molar-refractivity contribution < 1.29 is 4.79 Å². The smallest absolute Gasteiger partial charge is 0.245 e. The zero-order valence-electron chi connectivity index (χ0n) is 13.6. The number of primary amides is 1. The van der Waals surface area contributed by atoms with Gasteiger partial charge in [0.15, 0.2) is 0 Å². The molecule has 1 heterocycles. The van der Waals surface area contributed by atoms with Crippen molar-refractivity contribution in [1.29, 1.82) is 0 Å². The van der Waals surface area contributed by atoms with Crippen molar-refractivity contribution in [2.24, 2.45) is 27.6 Å². The standard InChI is InChI=1S/C18H22ClN3O/c1-16-11-22(21-10-12-3-5-14(19)6-4-12)18(15(20)23)9-13(16)7-8-17(16,18)2/h3-6,10,13H,7-9,11H2,1-2H3,(H2,20,23)/b21-10-/t13-,16-,17+,18-/m1/s1. The lowest BCUT2D eigenvalue weighted by molar-refractivity contribution is -0.135. The van der Waals surface area contributed by atoms with Crippen molar-refractivity contribution in [2.45, 2.75) is 38.6 Å². The van der Waals surface area contributed by atoms with Crippen LogP contribution in [0.15, 0.2) is 29.4 Å². The molecule has 0 spiro atoms. The van der Waals surface area contributed by atoms with Gasteiger partial charge < -0.3 is 5.73 Å². The molecule has 1 aliphatic heterocycles. The normalized spacial score (nSPS) is 41.2. The van der Waals surface area contributed by atoms with Crippen LogP contribution in [-0.4, -0.2) is 29.2 Å². The lowest BCUT2D eigenvalue weighted by Gasteiger charge is -2.44. The first kappa shape index (κ1) is 15.0. The van der Waals surface area contributed by atoms with Crippen LogP contribution < -0.4 is 5.73 Å². The van der Waals surface area contributed by atoms with E-state index in [1.807, 2.05) is 35.5 Å². The molecule has 0 unspecified atom stereocenters. The Bertz CT molecular complexity index is 703. The number of carbonyl (C=O) groups is 1. The van der Waals surface area contributed by atoms with Gasteiger partial charge in [0.1, 0.15) is 5.54 Å². The molecule has 2 saturated carbocycles. The van der Waals surface area contributed by atoms with Crippen LogP contribution in [0.3, 0.4) is 0 Å². The van der Waals surface area contributed by atoms with E-state index < -0.39 is 5.54 Å². The Labute approximate surface area is 141 Å². The predicted molar refractivity (Wildman–Crippen MR) is 91.2 cm³/mol. The maximum atomic E-state index is 12.5. The van der Waals surface area contributed by atoms with Gasteiger partial charge in [-0.2, -0.15) is 5.10 Å². The average molecular weight is 332 g/mol. The molecule has 4 rings (SSSR count). The highest BCUT2D eigenvalue weighted by molar-refractivity contribution is 6.30. The van der Waals surface area contributed by atoms with E-state index in [1.54, 1.807) is 0 Å². The average Bonchev–Trinajstić information content (AvgIpc) is 2.96. The maximum Gasteiger partial charge on any atom is 0.245 e. The fraction of sp³-hybridized carbons (Fsp3) is 0.556. The van der Waals surface area contributed by atoms with E-state index in [0.717, 1.165) is 24.9 Å². The predicted octanol–water partition coefficient (Wildman–Crippen LogP) is 3.04. The highest BCUT2D eigenvalue weighted by atomic mass is 35.5. The minimum absolute atomic E-state index is 0.0756. The fourth-order valence-electron chi connectivity index (χ4n) is 5.57. The van der Waals surface area contributed by atoms with Crippen molar-refractivity contribution in [3.63, 3.8) is 0 Å². The molecule has 4 bridgehead atoms. The zero-order chi connectivity index (χ0) is 16.5. The number of hydrogen-bond donors (Lipinski definition) is 1. The van der Waals surface area contributed by atoms with Crippen LogP contribution in [-0.2, 0) is 4.79 Å². The maximum absolute atomic E-state index is 12.5. The van der Waals surface area contributed by atoms with Crippen molar-refractivity contribution in [3.8, 4) is 0 Å². The van der Waals surface area contributed by atoms with Gasteiger partial charge in [-0.05, 0) is 48.3 Å². The molecule has 23 heavy (non-hydrogen) atoms. The Morgan fingerprint density at radius 3 is 2.70 bits per heavy atom. The molecular formula is C18H22ClN3O. The third kappa shape index (κ3) is 1.63. The summed E-state index contributed by atoms with van der Waals surface area (Å²) in [5, 5.41) is 7.35. The van der Waals surface area contributed by atoms with E-state index in [0.29, 0.717) is 10.9 Å². The van der Waals surface area contributed by atoms with Gasteiger partial charge >= 0.3 is 0 Å². The monoisotopic (exact) mass is 331 g/mol. The third-order valence-corrected chi connectivity index (χ3v) is 7.40. The van der Waals surface area contributed by atoms with Gasteiger partial charge in [0.05, 0.1) is 6.21 Å². The zero-order valence-corrected chi connectivity index (χ0v) is 14.3. The number of nitrogens with two attached hydrogens (primary N) is 1. The summed E-state index contributed by atoms with van der Waals surface area (Å²) in [5.41, 5.74) is 6.29. The number of carbonyl (C=O) groups excluding carboxylic acids is 1. The number of hydrogen-bond acceptors (Lipinski definition) is 3. The van der Waals surface area contributed by atoms with E-state index in [2.05, 4.69) is 18.9 Å². The highest BCUT2D eigenvalue weighted by Gasteiger charge is 2.80. The quantitative estimate of drug-likeness (QED) is 0.865. The van der Waals surface area contributed by atoms with Crippen LogP contribution in [0.5, 0.6) is 0 Å². The molecule has 5 heteroatoms. The first-order chi connectivity index (χ1) is 10.8. The second-order valence-electron chi connectivity index (χ2n) is 7.77. The number of nitrogens with zero attached hydrogens (tertiary/aromatic N) is 2. The summed E-state index contributed by atoms with van der Waals surface area (Å²) in [4.78, 5) is 12.5. The molecule has 3 aliphatic rings. The number of rotatable bonds is 3. The first-order valence-corrected chi connectivity index (χ1v) is 8.58. The van der Waals surface area contributed by atoms with Crippen LogP contribution in [0.1, 0.15) is 38.7 Å². The summed E-state index contributed by atoms with van der Waals surface area (Å²) < 4.78 is 0. The summed E-state index contributed by atoms with van der Waals surface area (Å²) in [7, 11) is 0.